The summed E-state index contributed by atoms with van der Waals surface area (Å²) in [4.78, 5) is 11.1. The minimum atomic E-state index is -4.74. The molecule has 0 aromatic heterocycles. The van der Waals surface area contributed by atoms with Crippen LogP contribution in [0.4, 0.5) is 18.9 Å². The number of carbonyl (C=O) groups excluding carboxylic acids is 1. The Labute approximate surface area is 114 Å². The number of nitrogens with two attached hydrogens (primary N) is 1. The normalized spacial score (nSPS) is 16.8. The van der Waals surface area contributed by atoms with Gasteiger partial charge >= 0.3 is 6.18 Å². The minimum Gasteiger partial charge on any atom is -0.495 e. The number of halogens is 3. The molecule has 2 N–H and O–H groups in total. The molecular formula is C14H16F3NO2. The molecule has 0 radical (unpaired) electrons. The molecule has 0 heterocycles. The van der Waals surface area contributed by atoms with E-state index in [4.69, 9.17) is 10.5 Å². The number of carbonyl (C=O) groups is 1. The van der Waals surface area contributed by atoms with Crippen LogP contribution in [0.2, 0.25) is 0 Å². The number of anilines is 1. The lowest BCUT2D eigenvalue weighted by molar-refractivity contribution is -0.172. The maximum Gasteiger partial charge on any atom is 0.449 e. The highest BCUT2D eigenvalue weighted by molar-refractivity contribution is 5.85. The molecular weight excluding hydrogens is 271 g/mol. The zero-order chi connectivity index (χ0) is 15.0. The van der Waals surface area contributed by atoms with E-state index in [1.54, 1.807) is 18.2 Å². The maximum absolute atomic E-state index is 12.3. The predicted octanol–water partition coefficient (Wildman–Crippen LogP) is 3.12. The van der Waals surface area contributed by atoms with Gasteiger partial charge in [-0.2, -0.15) is 13.2 Å². The van der Waals surface area contributed by atoms with Crippen molar-refractivity contribution in [2.45, 2.75) is 31.9 Å². The van der Waals surface area contributed by atoms with Crippen LogP contribution in [0.15, 0.2) is 18.2 Å². The van der Waals surface area contributed by atoms with Crippen LogP contribution in [0.25, 0.3) is 0 Å². The standard InChI is InChI=1S/C14H16F3NO2/c1-20-11-3-2-9(6-10(11)18)7-13(4-5-13)8-12(19)14(15,16)17/h2-3,6H,4-5,7-8,18H2,1H3. The van der Waals surface area contributed by atoms with Gasteiger partial charge in [0.05, 0.1) is 12.8 Å². The smallest absolute Gasteiger partial charge is 0.449 e. The van der Waals surface area contributed by atoms with Crippen LogP contribution in [0, 0.1) is 5.41 Å². The molecule has 0 spiro atoms. The zero-order valence-corrected chi connectivity index (χ0v) is 11.1. The topological polar surface area (TPSA) is 52.3 Å². The van der Waals surface area contributed by atoms with Crippen LogP contribution in [0.3, 0.4) is 0 Å². The Bertz CT molecular complexity index is 522. The van der Waals surface area contributed by atoms with Gasteiger partial charge in [-0.15, -0.1) is 0 Å². The molecule has 0 amide bonds. The molecule has 20 heavy (non-hydrogen) atoms. The first-order valence-electron chi connectivity index (χ1n) is 6.28. The third-order valence-corrected chi connectivity index (χ3v) is 3.68. The summed E-state index contributed by atoms with van der Waals surface area (Å²) in [5.41, 5.74) is 6.50. The summed E-state index contributed by atoms with van der Waals surface area (Å²) in [6.45, 7) is 0. The third-order valence-electron chi connectivity index (χ3n) is 3.68. The van der Waals surface area contributed by atoms with E-state index in [0.29, 0.717) is 30.7 Å². The molecule has 1 aromatic rings. The summed E-state index contributed by atoms with van der Waals surface area (Å²) in [6.07, 6.45) is -3.47. The number of ketones is 1. The molecule has 0 aliphatic heterocycles. The lowest BCUT2D eigenvalue weighted by atomic mass is 9.91. The van der Waals surface area contributed by atoms with Gasteiger partial charge in [0.15, 0.2) is 0 Å². The van der Waals surface area contributed by atoms with E-state index in [0.717, 1.165) is 5.56 Å². The van der Waals surface area contributed by atoms with Crippen LogP contribution >= 0.6 is 0 Å². The number of hydrogen-bond acceptors (Lipinski definition) is 3. The zero-order valence-electron chi connectivity index (χ0n) is 11.1. The summed E-state index contributed by atoms with van der Waals surface area (Å²) in [5, 5.41) is 0. The number of rotatable bonds is 5. The van der Waals surface area contributed by atoms with Crippen molar-refractivity contribution in [3.63, 3.8) is 0 Å². The van der Waals surface area contributed by atoms with Crippen molar-refractivity contribution in [2.75, 3.05) is 12.8 Å². The van der Waals surface area contributed by atoms with Gasteiger partial charge in [-0.1, -0.05) is 6.07 Å². The van der Waals surface area contributed by atoms with Crippen molar-refractivity contribution in [3.8, 4) is 5.75 Å². The summed E-state index contributed by atoms with van der Waals surface area (Å²) < 4.78 is 42.0. The highest BCUT2D eigenvalue weighted by atomic mass is 19.4. The van der Waals surface area contributed by atoms with Gasteiger partial charge < -0.3 is 10.5 Å². The second kappa shape index (κ2) is 5.00. The molecule has 0 atom stereocenters. The van der Waals surface area contributed by atoms with Crippen LogP contribution in [-0.4, -0.2) is 19.1 Å². The largest absolute Gasteiger partial charge is 0.495 e. The number of Topliss-reactive ketones (excluding diaryl/α,β-unsaturated/α-hetero) is 1. The predicted molar refractivity (Wildman–Crippen MR) is 68.5 cm³/mol. The summed E-state index contributed by atoms with van der Waals surface area (Å²) >= 11 is 0. The van der Waals surface area contributed by atoms with Gasteiger partial charge in [0, 0.05) is 6.42 Å². The third kappa shape index (κ3) is 3.23. The monoisotopic (exact) mass is 287 g/mol. The van der Waals surface area contributed by atoms with Crippen molar-refractivity contribution in [1.29, 1.82) is 0 Å². The molecule has 3 nitrogen and oxygen atoms in total. The highest BCUT2D eigenvalue weighted by Gasteiger charge is 2.50. The van der Waals surface area contributed by atoms with Gasteiger partial charge in [0.2, 0.25) is 5.78 Å². The fourth-order valence-corrected chi connectivity index (χ4v) is 2.36. The Hall–Kier alpha value is -1.72. The van der Waals surface area contributed by atoms with Gasteiger partial charge in [-0.25, -0.2) is 0 Å². The van der Waals surface area contributed by atoms with Gasteiger partial charge in [-0.05, 0) is 42.4 Å². The van der Waals surface area contributed by atoms with E-state index in [1.165, 1.54) is 7.11 Å². The lowest BCUT2D eigenvalue weighted by Gasteiger charge is -2.16. The molecule has 0 saturated heterocycles. The van der Waals surface area contributed by atoms with E-state index < -0.39 is 23.8 Å². The first-order chi connectivity index (χ1) is 9.26. The first-order valence-corrected chi connectivity index (χ1v) is 6.28. The number of hydrogen-bond donors (Lipinski definition) is 1. The average molecular weight is 287 g/mol. The van der Waals surface area contributed by atoms with Crippen molar-refractivity contribution in [3.05, 3.63) is 23.8 Å². The number of ether oxygens (including phenoxy) is 1. The van der Waals surface area contributed by atoms with Gasteiger partial charge in [-0.3, -0.25) is 4.79 Å². The minimum absolute atomic E-state index is 0.434. The molecule has 1 aromatic carbocycles. The molecule has 1 aliphatic rings. The Morgan fingerprint density at radius 2 is 2.05 bits per heavy atom. The SMILES string of the molecule is COc1ccc(CC2(CC(=O)C(F)(F)F)CC2)cc1N. The van der Waals surface area contributed by atoms with Crippen LogP contribution < -0.4 is 10.5 Å². The summed E-state index contributed by atoms with van der Waals surface area (Å²) in [7, 11) is 1.50. The van der Waals surface area contributed by atoms with Crippen LogP contribution in [0.1, 0.15) is 24.8 Å². The number of nitrogen functional groups attached to an aromatic ring is 1. The second-order valence-corrected chi connectivity index (χ2v) is 5.35. The van der Waals surface area contributed by atoms with Gasteiger partial charge in [0.25, 0.3) is 0 Å². The molecule has 2 rings (SSSR count). The first kappa shape index (κ1) is 14.7. The van der Waals surface area contributed by atoms with E-state index in [9.17, 15) is 18.0 Å². The Morgan fingerprint density at radius 3 is 2.50 bits per heavy atom. The maximum atomic E-state index is 12.3. The van der Waals surface area contributed by atoms with E-state index in [1.807, 2.05) is 0 Å². The second-order valence-electron chi connectivity index (χ2n) is 5.35. The lowest BCUT2D eigenvalue weighted by Crippen LogP contribution is -2.26. The van der Waals surface area contributed by atoms with Crippen molar-refractivity contribution in [2.24, 2.45) is 5.41 Å². The number of alkyl halides is 3. The average Bonchev–Trinajstić information content (AvgIpc) is 3.07. The van der Waals surface area contributed by atoms with Crippen molar-refractivity contribution < 1.29 is 22.7 Å². The Balaban J connectivity index is 2.06. The molecule has 0 bridgehead atoms. The molecule has 1 aliphatic carbocycles. The Kier molecular flexibility index (Phi) is 3.67. The molecule has 0 unspecified atom stereocenters. The fourth-order valence-electron chi connectivity index (χ4n) is 2.36. The van der Waals surface area contributed by atoms with E-state index >= 15 is 0 Å². The molecule has 6 heteroatoms. The molecule has 1 fully saturated rings. The quantitative estimate of drug-likeness (QED) is 0.846. The van der Waals surface area contributed by atoms with Crippen molar-refractivity contribution in [1.82, 2.24) is 0 Å². The van der Waals surface area contributed by atoms with E-state index in [-0.39, 0.29) is 0 Å². The summed E-state index contributed by atoms with van der Waals surface area (Å²) in [6, 6.07) is 5.15. The molecule has 110 valence electrons. The van der Waals surface area contributed by atoms with Crippen LogP contribution in [-0.2, 0) is 11.2 Å². The fraction of sp³-hybridized carbons (Fsp3) is 0.500. The van der Waals surface area contributed by atoms with E-state index in [2.05, 4.69) is 0 Å². The van der Waals surface area contributed by atoms with Crippen molar-refractivity contribution >= 4 is 11.5 Å². The number of methoxy groups -OCH3 is 1. The summed E-state index contributed by atoms with van der Waals surface area (Å²) in [5.74, 6) is -1.11. The Morgan fingerprint density at radius 1 is 1.40 bits per heavy atom. The van der Waals surface area contributed by atoms with Gasteiger partial charge in [0.1, 0.15) is 5.75 Å². The molecule has 1 saturated carbocycles. The van der Waals surface area contributed by atoms with Crippen LogP contribution in [0.5, 0.6) is 5.75 Å². The highest BCUT2D eigenvalue weighted by Crippen LogP contribution is 2.52. The number of benzene rings is 1.